The Morgan fingerprint density at radius 1 is 1.57 bits per heavy atom. The minimum Gasteiger partial charge on any atom is -0.444 e. The van der Waals surface area contributed by atoms with Gasteiger partial charge in [-0.25, -0.2) is 9.78 Å². The van der Waals surface area contributed by atoms with Gasteiger partial charge in [0.2, 0.25) is 0 Å². The molecule has 1 aliphatic rings. The molecule has 0 radical (unpaired) electrons. The van der Waals surface area contributed by atoms with Crippen molar-refractivity contribution in [3.05, 3.63) is 18.2 Å². The van der Waals surface area contributed by atoms with Crippen LogP contribution in [-0.4, -0.2) is 40.5 Å². The third kappa shape index (κ3) is 5.38. The lowest BCUT2D eigenvalue weighted by Crippen LogP contribution is -2.33. The highest BCUT2D eigenvalue weighted by Gasteiger charge is 2.18. The number of ether oxygens (including phenoxy) is 2. The van der Waals surface area contributed by atoms with Crippen molar-refractivity contribution in [3.8, 4) is 0 Å². The number of imidazole rings is 1. The van der Waals surface area contributed by atoms with Gasteiger partial charge in [0.25, 0.3) is 0 Å². The predicted octanol–water partition coefficient (Wildman–Crippen LogP) is 2.13. The van der Waals surface area contributed by atoms with E-state index in [0.29, 0.717) is 6.54 Å². The van der Waals surface area contributed by atoms with Gasteiger partial charge < -0.3 is 19.4 Å². The molecule has 1 aromatic rings. The van der Waals surface area contributed by atoms with Crippen LogP contribution in [0.5, 0.6) is 0 Å². The lowest BCUT2D eigenvalue weighted by molar-refractivity contribution is 0.0528. The van der Waals surface area contributed by atoms with Crippen molar-refractivity contribution in [1.82, 2.24) is 14.9 Å². The molecule has 0 saturated carbocycles. The van der Waals surface area contributed by atoms with Crippen LogP contribution in [0, 0.1) is 0 Å². The molecule has 1 amide bonds. The molecule has 0 bridgehead atoms. The number of aromatic nitrogens is 2. The van der Waals surface area contributed by atoms with Gasteiger partial charge in [0, 0.05) is 31.5 Å². The highest BCUT2D eigenvalue weighted by Crippen LogP contribution is 2.15. The van der Waals surface area contributed by atoms with Crippen molar-refractivity contribution >= 4 is 6.09 Å². The van der Waals surface area contributed by atoms with Gasteiger partial charge in [-0.1, -0.05) is 0 Å². The molecule has 0 aliphatic carbocycles. The van der Waals surface area contributed by atoms with Gasteiger partial charge in [-0.15, -0.1) is 0 Å². The van der Waals surface area contributed by atoms with Crippen LogP contribution >= 0.6 is 0 Å². The van der Waals surface area contributed by atoms with E-state index in [-0.39, 0.29) is 12.2 Å². The molecule has 1 aliphatic heterocycles. The van der Waals surface area contributed by atoms with Gasteiger partial charge in [0.05, 0.1) is 19.0 Å². The fourth-order valence-corrected chi connectivity index (χ4v) is 2.34. The maximum atomic E-state index is 11.6. The Labute approximate surface area is 125 Å². The first kappa shape index (κ1) is 15.8. The second-order valence-corrected chi connectivity index (χ2v) is 6.35. The summed E-state index contributed by atoms with van der Waals surface area (Å²) in [5.74, 6) is 0. The number of carbonyl (C=O) groups is 1. The Kier molecular flexibility index (Phi) is 5.22. The van der Waals surface area contributed by atoms with E-state index in [4.69, 9.17) is 9.47 Å². The van der Waals surface area contributed by atoms with Gasteiger partial charge in [-0.3, -0.25) is 0 Å². The first-order valence-electron chi connectivity index (χ1n) is 7.51. The second-order valence-electron chi connectivity index (χ2n) is 6.35. The molecule has 0 spiro atoms. The van der Waals surface area contributed by atoms with Gasteiger partial charge in [-0.2, -0.15) is 0 Å². The summed E-state index contributed by atoms with van der Waals surface area (Å²) in [5, 5.41) is 2.76. The zero-order valence-corrected chi connectivity index (χ0v) is 13.1. The number of nitrogens with zero attached hydrogens (tertiary/aromatic N) is 2. The van der Waals surface area contributed by atoms with Gasteiger partial charge in [-0.05, 0) is 33.6 Å². The predicted molar refractivity (Wildman–Crippen MR) is 79.1 cm³/mol. The average Bonchev–Trinajstić information content (AvgIpc) is 3.00. The minimum atomic E-state index is -0.467. The Morgan fingerprint density at radius 2 is 2.38 bits per heavy atom. The number of carbonyl (C=O) groups excluding carboxylic acids is 1. The van der Waals surface area contributed by atoms with Crippen LogP contribution in [0.25, 0.3) is 0 Å². The molecule has 2 rings (SSSR count). The number of amides is 1. The van der Waals surface area contributed by atoms with Crippen molar-refractivity contribution in [1.29, 1.82) is 0 Å². The molecule has 1 saturated heterocycles. The number of alkyl carbamates (subject to hydrolysis) is 1. The molecule has 6 nitrogen and oxygen atoms in total. The summed E-state index contributed by atoms with van der Waals surface area (Å²) in [5.41, 5.74) is 0.632. The number of nitrogens with one attached hydrogen (secondary N) is 1. The number of hydrogen-bond donors (Lipinski definition) is 1. The van der Waals surface area contributed by atoms with Crippen LogP contribution in [0.4, 0.5) is 4.79 Å². The zero-order chi connectivity index (χ0) is 15.3. The maximum absolute atomic E-state index is 11.6. The Balaban J connectivity index is 1.76. The molecule has 1 unspecified atom stereocenters. The molecular weight excluding hydrogens is 270 g/mol. The van der Waals surface area contributed by atoms with Crippen LogP contribution < -0.4 is 5.32 Å². The molecule has 118 valence electrons. The molecule has 1 aromatic heterocycles. The van der Waals surface area contributed by atoms with Crippen molar-refractivity contribution in [2.45, 2.75) is 58.3 Å². The van der Waals surface area contributed by atoms with E-state index in [9.17, 15) is 4.79 Å². The topological polar surface area (TPSA) is 65.4 Å². The molecule has 6 heteroatoms. The smallest absolute Gasteiger partial charge is 0.407 e. The van der Waals surface area contributed by atoms with E-state index in [1.165, 1.54) is 0 Å². The summed E-state index contributed by atoms with van der Waals surface area (Å²) in [4.78, 5) is 15.8. The zero-order valence-electron chi connectivity index (χ0n) is 13.1. The lowest BCUT2D eigenvalue weighted by Gasteiger charge is -2.19. The molecule has 1 N–H and O–H groups in total. The average molecular weight is 295 g/mol. The molecule has 2 heterocycles. The highest BCUT2D eigenvalue weighted by atomic mass is 16.6. The maximum Gasteiger partial charge on any atom is 0.407 e. The summed E-state index contributed by atoms with van der Waals surface area (Å²) in [6.07, 6.45) is 6.54. The van der Waals surface area contributed by atoms with Crippen LogP contribution in [0.1, 0.15) is 39.3 Å². The van der Waals surface area contributed by atoms with Crippen LogP contribution in [0.3, 0.4) is 0 Å². The van der Waals surface area contributed by atoms with Crippen molar-refractivity contribution in [2.75, 3.05) is 13.2 Å². The summed E-state index contributed by atoms with van der Waals surface area (Å²) in [7, 11) is 0. The van der Waals surface area contributed by atoms with E-state index >= 15 is 0 Å². The first-order chi connectivity index (χ1) is 9.94. The highest BCUT2D eigenvalue weighted by molar-refractivity contribution is 5.67. The van der Waals surface area contributed by atoms with E-state index in [1.54, 1.807) is 0 Å². The van der Waals surface area contributed by atoms with E-state index in [0.717, 1.165) is 38.1 Å². The minimum absolute atomic E-state index is 0.289. The van der Waals surface area contributed by atoms with Crippen molar-refractivity contribution < 1.29 is 14.3 Å². The standard InChI is InChI=1S/C15H25N3O3/c1-15(2,3)21-14(19)17-7-6-12-9-16-11-18(12)10-13-5-4-8-20-13/h9,11,13H,4-8,10H2,1-3H3,(H,17,19). The Morgan fingerprint density at radius 3 is 3.05 bits per heavy atom. The summed E-state index contributed by atoms with van der Waals surface area (Å²) in [6.45, 7) is 7.78. The molecule has 1 fully saturated rings. The Bertz CT molecular complexity index is 459. The van der Waals surface area contributed by atoms with E-state index in [1.807, 2.05) is 33.3 Å². The SMILES string of the molecule is CC(C)(C)OC(=O)NCCc1cncn1CC1CCCO1. The van der Waals surface area contributed by atoms with Crippen molar-refractivity contribution in [3.63, 3.8) is 0 Å². The van der Waals surface area contributed by atoms with E-state index < -0.39 is 5.60 Å². The third-order valence-corrected chi connectivity index (χ3v) is 3.27. The van der Waals surface area contributed by atoms with Gasteiger partial charge in [0.1, 0.15) is 5.60 Å². The van der Waals surface area contributed by atoms with Crippen LogP contribution in [0.2, 0.25) is 0 Å². The molecule has 21 heavy (non-hydrogen) atoms. The monoisotopic (exact) mass is 295 g/mol. The molecule has 1 atom stereocenters. The normalized spacial score (nSPS) is 18.7. The summed E-state index contributed by atoms with van der Waals surface area (Å²) in [6, 6.07) is 0. The van der Waals surface area contributed by atoms with E-state index in [2.05, 4.69) is 14.9 Å². The lowest BCUT2D eigenvalue weighted by atomic mass is 10.2. The quantitative estimate of drug-likeness (QED) is 0.903. The fraction of sp³-hybridized carbons (Fsp3) is 0.733. The summed E-state index contributed by atoms with van der Waals surface area (Å²) < 4.78 is 12.9. The molecule has 0 aromatic carbocycles. The molecular formula is C15H25N3O3. The van der Waals surface area contributed by atoms with Crippen LogP contribution in [-0.2, 0) is 22.4 Å². The van der Waals surface area contributed by atoms with Crippen LogP contribution in [0.15, 0.2) is 12.5 Å². The van der Waals surface area contributed by atoms with Gasteiger partial charge in [0.15, 0.2) is 0 Å². The summed E-state index contributed by atoms with van der Waals surface area (Å²) >= 11 is 0. The largest absolute Gasteiger partial charge is 0.444 e. The number of rotatable bonds is 5. The van der Waals surface area contributed by atoms with Crippen molar-refractivity contribution in [2.24, 2.45) is 0 Å². The first-order valence-corrected chi connectivity index (χ1v) is 7.51. The Hall–Kier alpha value is -1.56. The second kappa shape index (κ2) is 6.93. The third-order valence-electron chi connectivity index (χ3n) is 3.27. The number of hydrogen-bond acceptors (Lipinski definition) is 4. The van der Waals surface area contributed by atoms with Gasteiger partial charge >= 0.3 is 6.09 Å². The fourth-order valence-electron chi connectivity index (χ4n) is 2.34.